The molecule has 1 amide bonds. The first-order chi connectivity index (χ1) is 16.4. The fourth-order valence-corrected chi connectivity index (χ4v) is 5.21. The molecule has 3 aromatic carbocycles. The fourth-order valence-electron chi connectivity index (χ4n) is 3.86. The SMILES string of the molecule is O=C(Cn1c(=O)n(Cc2ccc(F)cc2)c(=O)c2sc3ccccc3c21)Nc1cccc(Cl)c1. The standard InChI is InChI=1S/C25H17ClFN3O3S/c26-16-4-3-5-18(12-16)28-21(31)14-29-22-19-6-1-2-7-20(19)34-23(22)24(32)30(25(29)33)13-15-8-10-17(27)11-9-15/h1-12H,13-14H2,(H,28,31). The Hall–Kier alpha value is -3.75. The summed E-state index contributed by atoms with van der Waals surface area (Å²) in [5, 5.41) is 3.93. The molecule has 0 unspecified atom stereocenters. The molecule has 6 nitrogen and oxygen atoms in total. The van der Waals surface area contributed by atoms with E-state index in [1.54, 1.807) is 24.3 Å². The Morgan fingerprint density at radius 3 is 2.50 bits per heavy atom. The number of benzene rings is 3. The lowest BCUT2D eigenvalue weighted by molar-refractivity contribution is -0.116. The molecule has 0 bridgehead atoms. The van der Waals surface area contributed by atoms with Crippen LogP contribution < -0.4 is 16.6 Å². The second-order valence-corrected chi connectivity index (χ2v) is 9.21. The van der Waals surface area contributed by atoms with E-state index in [2.05, 4.69) is 5.32 Å². The maximum Gasteiger partial charge on any atom is 0.332 e. The lowest BCUT2D eigenvalue weighted by Crippen LogP contribution is -2.41. The van der Waals surface area contributed by atoms with Crippen LogP contribution in [0, 0.1) is 5.82 Å². The van der Waals surface area contributed by atoms with Gasteiger partial charge in [-0.25, -0.2) is 9.18 Å². The van der Waals surface area contributed by atoms with Crippen LogP contribution in [0.5, 0.6) is 0 Å². The maximum atomic E-state index is 13.5. The summed E-state index contributed by atoms with van der Waals surface area (Å²) in [5.74, 6) is -0.848. The quantitative estimate of drug-likeness (QED) is 0.380. The number of amides is 1. The third-order valence-corrected chi connectivity index (χ3v) is 6.79. The summed E-state index contributed by atoms with van der Waals surface area (Å²) >= 11 is 7.27. The molecule has 2 heterocycles. The van der Waals surface area contributed by atoms with Gasteiger partial charge in [0.05, 0.1) is 12.1 Å². The summed E-state index contributed by atoms with van der Waals surface area (Å²) < 4.78 is 16.9. The van der Waals surface area contributed by atoms with Crippen molar-refractivity contribution >= 4 is 54.8 Å². The number of carbonyl (C=O) groups is 1. The molecule has 0 aliphatic heterocycles. The molecule has 5 rings (SSSR count). The van der Waals surface area contributed by atoms with Crippen molar-refractivity contribution in [1.82, 2.24) is 9.13 Å². The first-order valence-electron chi connectivity index (χ1n) is 10.4. The van der Waals surface area contributed by atoms with E-state index in [9.17, 15) is 18.8 Å². The Kier molecular flexibility index (Phi) is 5.77. The minimum atomic E-state index is -0.619. The molecular formula is C25H17ClFN3O3S. The van der Waals surface area contributed by atoms with Crippen molar-refractivity contribution in [2.24, 2.45) is 0 Å². The van der Waals surface area contributed by atoms with Gasteiger partial charge in [-0.2, -0.15) is 0 Å². The molecule has 0 aliphatic carbocycles. The normalized spacial score (nSPS) is 11.2. The molecule has 5 aromatic rings. The first kappa shape index (κ1) is 22.1. The molecule has 0 fully saturated rings. The van der Waals surface area contributed by atoms with Crippen molar-refractivity contribution in [3.8, 4) is 0 Å². The molecule has 2 aromatic heterocycles. The monoisotopic (exact) mass is 493 g/mol. The molecule has 0 spiro atoms. The van der Waals surface area contributed by atoms with Crippen LogP contribution in [-0.4, -0.2) is 15.0 Å². The molecule has 9 heteroatoms. The van der Waals surface area contributed by atoms with Gasteiger partial charge in [0.25, 0.3) is 5.56 Å². The van der Waals surface area contributed by atoms with Gasteiger partial charge in [0.15, 0.2) is 0 Å². The predicted octanol–water partition coefficient (Wildman–Crippen LogP) is 4.86. The summed E-state index contributed by atoms with van der Waals surface area (Å²) in [6.07, 6.45) is 0. The highest BCUT2D eigenvalue weighted by Gasteiger charge is 2.20. The highest BCUT2D eigenvalue weighted by Crippen LogP contribution is 2.31. The van der Waals surface area contributed by atoms with E-state index in [4.69, 9.17) is 11.6 Å². The Morgan fingerprint density at radius 1 is 0.971 bits per heavy atom. The van der Waals surface area contributed by atoms with Gasteiger partial charge in [-0.15, -0.1) is 11.3 Å². The van der Waals surface area contributed by atoms with E-state index in [1.165, 1.54) is 40.2 Å². The van der Waals surface area contributed by atoms with E-state index >= 15 is 0 Å². The summed E-state index contributed by atoms with van der Waals surface area (Å²) in [6.45, 7) is -0.343. The topological polar surface area (TPSA) is 73.1 Å². The zero-order valence-corrected chi connectivity index (χ0v) is 19.2. The van der Waals surface area contributed by atoms with Gasteiger partial charge >= 0.3 is 5.69 Å². The molecule has 1 N–H and O–H groups in total. The van der Waals surface area contributed by atoms with Crippen LogP contribution >= 0.6 is 22.9 Å². The molecule has 0 atom stereocenters. The van der Waals surface area contributed by atoms with Crippen LogP contribution in [0.3, 0.4) is 0 Å². The van der Waals surface area contributed by atoms with Crippen molar-refractivity contribution in [3.63, 3.8) is 0 Å². The summed E-state index contributed by atoms with van der Waals surface area (Å²) in [6, 6.07) is 19.6. The van der Waals surface area contributed by atoms with Crippen molar-refractivity contribution in [3.05, 3.63) is 110 Å². The van der Waals surface area contributed by atoms with Crippen LogP contribution in [0.25, 0.3) is 20.3 Å². The molecule has 0 saturated carbocycles. The van der Waals surface area contributed by atoms with Gasteiger partial charge < -0.3 is 5.32 Å². The Balaban J connectivity index is 1.65. The number of anilines is 1. The third kappa shape index (κ3) is 4.13. The zero-order chi connectivity index (χ0) is 23.8. The molecule has 34 heavy (non-hydrogen) atoms. The minimum Gasteiger partial charge on any atom is -0.324 e. The Morgan fingerprint density at radius 2 is 1.74 bits per heavy atom. The lowest BCUT2D eigenvalue weighted by Gasteiger charge is -2.13. The number of thiophene rings is 1. The number of hydrogen-bond donors (Lipinski definition) is 1. The Labute approximate surface area is 201 Å². The van der Waals surface area contributed by atoms with Crippen molar-refractivity contribution in [1.29, 1.82) is 0 Å². The average molecular weight is 494 g/mol. The van der Waals surface area contributed by atoms with Crippen molar-refractivity contribution in [2.75, 3.05) is 5.32 Å². The first-order valence-corrected chi connectivity index (χ1v) is 11.5. The predicted molar refractivity (Wildman–Crippen MR) is 133 cm³/mol. The van der Waals surface area contributed by atoms with E-state index in [0.717, 1.165) is 14.7 Å². The van der Waals surface area contributed by atoms with Crippen LogP contribution in [0.15, 0.2) is 82.4 Å². The smallest absolute Gasteiger partial charge is 0.324 e. The van der Waals surface area contributed by atoms with Gasteiger partial charge in [0, 0.05) is 20.8 Å². The molecule has 0 aliphatic rings. The summed E-state index contributed by atoms with van der Waals surface area (Å²) in [7, 11) is 0. The fraction of sp³-hybridized carbons (Fsp3) is 0.0800. The molecule has 0 radical (unpaired) electrons. The number of rotatable bonds is 5. The summed E-state index contributed by atoms with van der Waals surface area (Å²) in [4.78, 5) is 39.7. The molecular weight excluding hydrogens is 477 g/mol. The summed E-state index contributed by atoms with van der Waals surface area (Å²) in [5.41, 5.74) is 0.448. The van der Waals surface area contributed by atoms with E-state index in [0.29, 0.717) is 26.5 Å². The van der Waals surface area contributed by atoms with E-state index in [-0.39, 0.29) is 13.1 Å². The Bertz CT molecular complexity index is 1670. The zero-order valence-electron chi connectivity index (χ0n) is 17.6. The van der Waals surface area contributed by atoms with Crippen LogP contribution in [0.1, 0.15) is 5.56 Å². The number of fused-ring (bicyclic) bond motifs is 3. The van der Waals surface area contributed by atoms with E-state index < -0.39 is 23.0 Å². The van der Waals surface area contributed by atoms with Crippen molar-refractivity contribution < 1.29 is 9.18 Å². The van der Waals surface area contributed by atoms with Gasteiger partial charge in [-0.1, -0.05) is 48.0 Å². The van der Waals surface area contributed by atoms with Gasteiger partial charge in [0.1, 0.15) is 17.1 Å². The lowest BCUT2D eigenvalue weighted by atomic mass is 10.2. The second-order valence-electron chi connectivity index (χ2n) is 7.72. The molecule has 0 saturated heterocycles. The third-order valence-electron chi connectivity index (χ3n) is 5.40. The number of halogens is 2. The van der Waals surface area contributed by atoms with Crippen molar-refractivity contribution in [2.45, 2.75) is 13.1 Å². The number of nitrogens with zero attached hydrogens (tertiary/aromatic N) is 2. The van der Waals surface area contributed by atoms with Gasteiger partial charge in [-0.3, -0.25) is 18.7 Å². The number of nitrogens with one attached hydrogen (secondary N) is 1. The van der Waals surface area contributed by atoms with Crippen LogP contribution in [0.4, 0.5) is 10.1 Å². The largest absolute Gasteiger partial charge is 0.332 e. The number of aromatic nitrogens is 2. The number of carbonyl (C=O) groups excluding carboxylic acids is 1. The average Bonchev–Trinajstić information content (AvgIpc) is 3.20. The van der Waals surface area contributed by atoms with Gasteiger partial charge in [-0.05, 0) is 42.0 Å². The number of hydrogen-bond acceptors (Lipinski definition) is 4. The second kappa shape index (κ2) is 8.89. The highest BCUT2D eigenvalue weighted by atomic mass is 35.5. The van der Waals surface area contributed by atoms with Gasteiger partial charge in [0.2, 0.25) is 5.91 Å². The highest BCUT2D eigenvalue weighted by molar-refractivity contribution is 7.25. The van der Waals surface area contributed by atoms with Crippen LogP contribution in [-0.2, 0) is 17.9 Å². The van der Waals surface area contributed by atoms with E-state index in [1.807, 2.05) is 24.3 Å². The maximum absolute atomic E-state index is 13.5. The minimum absolute atomic E-state index is 0.0436. The molecule has 170 valence electrons. The van der Waals surface area contributed by atoms with Crippen LogP contribution in [0.2, 0.25) is 5.02 Å².